The van der Waals surface area contributed by atoms with Crippen LogP contribution in [-0.2, 0) is 0 Å². The van der Waals surface area contributed by atoms with E-state index in [0.29, 0.717) is 6.04 Å². The Hall–Kier alpha value is -0.340. The third-order valence-electron chi connectivity index (χ3n) is 2.77. The van der Waals surface area contributed by atoms with E-state index in [4.69, 9.17) is 0 Å². The second kappa shape index (κ2) is 4.06. The van der Waals surface area contributed by atoms with E-state index in [9.17, 15) is 5.11 Å². The second-order valence-electron chi connectivity index (χ2n) is 3.67. The number of aliphatic hydroxyl groups is 1. The van der Waals surface area contributed by atoms with Crippen LogP contribution in [0.5, 0.6) is 0 Å². The largest absolute Gasteiger partial charge is 0.391 e. The van der Waals surface area contributed by atoms with Crippen molar-refractivity contribution in [1.29, 1.82) is 0 Å². The quantitative estimate of drug-likeness (QED) is 0.646. The Morgan fingerprint density at radius 3 is 2.75 bits per heavy atom. The van der Waals surface area contributed by atoms with E-state index in [-0.39, 0.29) is 6.10 Å². The molecule has 1 saturated heterocycles. The van der Waals surface area contributed by atoms with Crippen LogP contribution in [0.3, 0.4) is 0 Å². The third kappa shape index (κ3) is 2.08. The molecule has 1 aliphatic rings. The molecule has 0 spiro atoms. The Kier molecular flexibility index (Phi) is 3.29. The highest BCUT2D eigenvalue weighted by Gasteiger charge is 2.28. The summed E-state index contributed by atoms with van der Waals surface area (Å²) >= 11 is 0. The zero-order chi connectivity index (χ0) is 9.14. The van der Waals surface area contributed by atoms with Crippen molar-refractivity contribution in [3.8, 4) is 0 Å². The van der Waals surface area contributed by atoms with Crippen molar-refractivity contribution in [2.75, 3.05) is 13.1 Å². The number of nitrogens with zero attached hydrogens (tertiary/aromatic N) is 1. The number of likely N-dealkylation sites (tertiary alicyclic amines) is 1. The molecule has 2 heteroatoms. The SMILES string of the molecule is C=C(CC)CN1CC[C@@H](O)[C@@H]1C. The van der Waals surface area contributed by atoms with Crippen LogP contribution >= 0.6 is 0 Å². The normalized spacial score (nSPS) is 30.9. The lowest BCUT2D eigenvalue weighted by molar-refractivity contribution is 0.130. The van der Waals surface area contributed by atoms with Gasteiger partial charge in [-0.05, 0) is 19.8 Å². The van der Waals surface area contributed by atoms with Gasteiger partial charge in [-0.25, -0.2) is 0 Å². The second-order valence-corrected chi connectivity index (χ2v) is 3.67. The average Bonchev–Trinajstić information content (AvgIpc) is 2.36. The molecule has 0 radical (unpaired) electrons. The third-order valence-corrected chi connectivity index (χ3v) is 2.77. The van der Waals surface area contributed by atoms with Crippen LogP contribution in [0.1, 0.15) is 26.7 Å². The Balaban J connectivity index is 2.38. The van der Waals surface area contributed by atoms with E-state index < -0.39 is 0 Å². The molecule has 1 aliphatic heterocycles. The summed E-state index contributed by atoms with van der Waals surface area (Å²) < 4.78 is 0. The molecule has 0 aromatic carbocycles. The molecule has 0 aliphatic carbocycles. The highest BCUT2D eigenvalue weighted by molar-refractivity contribution is 4.99. The lowest BCUT2D eigenvalue weighted by Crippen LogP contribution is -2.33. The number of rotatable bonds is 3. The Morgan fingerprint density at radius 1 is 1.67 bits per heavy atom. The maximum atomic E-state index is 9.48. The summed E-state index contributed by atoms with van der Waals surface area (Å²) in [5.74, 6) is 0. The highest BCUT2D eigenvalue weighted by atomic mass is 16.3. The van der Waals surface area contributed by atoms with Gasteiger partial charge in [-0.3, -0.25) is 4.90 Å². The molecule has 1 N–H and O–H groups in total. The average molecular weight is 169 g/mol. The van der Waals surface area contributed by atoms with Gasteiger partial charge in [0.2, 0.25) is 0 Å². The molecule has 1 rings (SSSR count). The number of hydrogen-bond acceptors (Lipinski definition) is 2. The molecule has 1 fully saturated rings. The van der Waals surface area contributed by atoms with Crippen molar-refractivity contribution in [1.82, 2.24) is 4.90 Å². The summed E-state index contributed by atoms with van der Waals surface area (Å²) in [5.41, 5.74) is 1.26. The van der Waals surface area contributed by atoms with E-state index >= 15 is 0 Å². The molecular weight excluding hydrogens is 150 g/mol. The number of hydrogen-bond donors (Lipinski definition) is 1. The first kappa shape index (κ1) is 9.75. The Labute approximate surface area is 74.9 Å². The molecule has 2 nitrogen and oxygen atoms in total. The topological polar surface area (TPSA) is 23.5 Å². The molecule has 2 atom stereocenters. The van der Waals surface area contributed by atoms with Crippen molar-refractivity contribution >= 4 is 0 Å². The maximum absolute atomic E-state index is 9.48. The van der Waals surface area contributed by atoms with Crippen LogP contribution < -0.4 is 0 Å². The molecular formula is C10H19NO. The fourth-order valence-corrected chi connectivity index (χ4v) is 1.61. The van der Waals surface area contributed by atoms with Gasteiger partial charge in [0.05, 0.1) is 6.10 Å². The van der Waals surface area contributed by atoms with Crippen LogP contribution in [0, 0.1) is 0 Å². The molecule has 0 saturated carbocycles. The first-order chi connectivity index (χ1) is 5.65. The molecule has 12 heavy (non-hydrogen) atoms. The number of aliphatic hydroxyl groups excluding tert-OH is 1. The molecule has 70 valence electrons. The van der Waals surface area contributed by atoms with Crippen molar-refractivity contribution in [3.63, 3.8) is 0 Å². The summed E-state index contributed by atoms with van der Waals surface area (Å²) in [6.45, 7) is 10.1. The van der Waals surface area contributed by atoms with Gasteiger partial charge in [-0.15, -0.1) is 0 Å². The standard InChI is InChI=1S/C10H19NO/c1-4-8(2)7-11-6-5-10(12)9(11)3/h9-10,12H,2,4-7H2,1,3H3/t9-,10+/m0/s1. The highest BCUT2D eigenvalue weighted by Crippen LogP contribution is 2.18. The van der Waals surface area contributed by atoms with E-state index in [1.54, 1.807) is 0 Å². The van der Waals surface area contributed by atoms with Crippen LogP contribution in [0.15, 0.2) is 12.2 Å². The molecule has 0 unspecified atom stereocenters. The fourth-order valence-electron chi connectivity index (χ4n) is 1.61. The van der Waals surface area contributed by atoms with Crippen LogP contribution in [0.2, 0.25) is 0 Å². The summed E-state index contributed by atoms with van der Waals surface area (Å²) in [4.78, 5) is 2.30. The summed E-state index contributed by atoms with van der Waals surface area (Å²) in [7, 11) is 0. The molecule has 0 aromatic heterocycles. The van der Waals surface area contributed by atoms with Crippen molar-refractivity contribution in [2.24, 2.45) is 0 Å². The van der Waals surface area contributed by atoms with Gasteiger partial charge in [0.1, 0.15) is 0 Å². The predicted molar refractivity (Wildman–Crippen MR) is 51.1 cm³/mol. The van der Waals surface area contributed by atoms with Gasteiger partial charge < -0.3 is 5.11 Å². The Morgan fingerprint density at radius 2 is 2.33 bits per heavy atom. The molecule has 0 bridgehead atoms. The van der Waals surface area contributed by atoms with Gasteiger partial charge >= 0.3 is 0 Å². The smallest absolute Gasteiger partial charge is 0.0705 e. The molecule has 0 aromatic rings. The first-order valence-corrected chi connectivity index (χ1v) is 4.74. The lowest BCUT2D eigenvalue weighted by atomic mass is 10.2. The van der Waals surface area contributed by atoms with E-state index in [1.807, 2.05) is 0 Å². The molecule has 1 heterocycles. The molecule has 0 amide bonds. The zero-order valence-electron chi connectivity index (χ0n) is 8.08. The van der Waals surface area contributed by atoms with E-state index in [0.717, 1.165) is 25.9 Å². The lowest BCUT2D eigenvalue weighted by Gasteiger charge is -2.22. The summed E-state index contributed by atoms with van der Waals surface area (Å²) in [5, 5.41) is 9.48. The monoisotopic (exact) mass is 169 g/mol. The summed E-state index contributed by atoms with van der Waals surface area (Å²) in [6.07, 6.45) is 1.83. The van der Waals surface area contributed by atoms with Crippen LogP contribution in [0.25, 0.3) is 0 Å². The Bertz CT molecular complexity index is 167. The van der Waals surface area contributed by atoms with Crippen LogP contribution in [-0.4, -0.2) is 35.2 Å². The maximum Gasteiger partial charge on any atom is 0.0705 e. The van der Waals surface area contributed by atoms with E-state index in [1.165, 1.54) is 5.57 Å². The predicted octanol–water partition coefficient (Wildman–Crippen LogP) is 1.41. The minimum atomic E-state index is -0.130. The van der Waals surface area contributed by atoms with Crippen molar-refractivity contribution < 1.29 is 5.11 Å². The van der Waals surface area contributed by atoms with Crippen molar-refractivity contribution in [2.45, 2.75) is 38.8 Å². The fraction of sp³-hybridized carbons (Fsp3) is 0.800. The van der Waals surface area contributed by atoms with Gasteiger partial charge in [-0.2, -0.15) is 0 Å². The minimum absolute atomic E-state index is 0.130. The summed E-state index contributed by atoms with van der Waals surface area (Å²) in [6, 6.07) is 0.313. The van der Waals surface area contributed by atoms with Gasteiger partial charge in [-0.1, -0.05) is 19.1 Å². The van der Waals surface area contributed by atoms with Crippen LogP contribution in [0.4, 0.5) is 0 Å². The minimum Gasteiger partial charge on any atom is -0.391 e. The van der Waals surface area contributed by atoms with Gasteiger partial charge in [0, 0.05) is 19.1 Å². The van der Waals surface area contributed by atoms with Crippen molar-refractivity contribution in [3.05, 3.63) is 12.2 Å². The van der Waals surface area contributed by atoms with E-state index in [2.05, 4.69) is 25.3 Å². The zero-order valence-corrected chi connectivity index (χ0v) is 8.08. The van der Waals surface area contributed by atoms with Gasteiger partial charge in [0.25, 0.3) is 0 Å². The first-order valence-electron chi connectivity index (χ1n) is 4.74. The van der Waals surface area contributed by atoms with Gasteiger partial charge in [0.15, 0.2) is 0 Å².